The number of aliphatic hydroxyl groups is 1. The number of rotatable bonds is 4. The maximum Gasteiger partial charge on any atom is 0.225 e. The SMILES string of the molecule is Cc1ccc(CC(=O)NCC2(O)CCCCC2)s1. The molecular weight excluding hydrogens is 246 g/mol. The second-order valence-corrected chi connectivity index (χ2v) is 6.62. The molecule has 4 heteroatoms. The van der Waals surface area contributed by atoms with E-state index in [2.05, 4.69) is 5.32 Å². The van der Waals surface area contributed by atoms with Crippen LogP contribution in [0, 0.1) is 6.92 Å². The zero-order chi connectivity index (χ0) is 13.0. The predicted octanol–water partition coefficient (Wildman–Crippen LogP) is 2.41. The standard InChI is InChI=1S/C14H21NO2S/c1-11-5-6-12(18-11)9-13(16)15-10-14(17)7-3-2-4-8-14/h5-6,17H,2-4,7-10H2,1H3,(H,15,16). The first-order valence-corrected chi connectivity index (χ1v) is 7.43. The molecule has 0 bridgehead atoms. The second-order valence-electron chi connectivity index (χ2n) is 5.25. The molecule has 1 aliphatic carbocycles. The summed E-state index contributed by atoms with van der Waals surface area (Å²) < 4.78 is 0. The van der Waals surface area contributed by atoms with E-state index in [1.54, 1.807) is 11.3 Å². The third-order valence-electron chi connectivity index (χ3n) is 3.53. The molecule has 2 rings (SSSR count). The van der Waals surface area contributed by atoms with E-state index >= 15 is 0 Å². The summed E-state index contributed by atoms with van der Waals surface area (Å²) in [6, 6.07) is 4.02. The quantitative estimate of drug-likeness (QED) is 0.880. The lowest BCUT2D eigenvalue weighted by Gasteiger charge is -2.32. The molecule has 1 heterocycles. The Labute approximate surface area is 112 Å². The summed E-state index contributed by atoms with van der Waals surface area (Å²) in [4.78, 5) is 14.1. The molecule has 0 saturated heterocycles. The van der Waals surface area contributed by atoms with E-state index in [9.17, 15) is 9.90 Å². The van der Waals surface area contributed by atoms with Crippen LogP contribution in [-0.2, 0) is 11.2 Å². The minimum Gasteiger partial charge on any atom is -0.388 e. The fourth-order valence-electron chi connectivity index (χ4n) is 2.45. The number of hydrogen-bond acceptors (Lipinski definition) is 3. The van der Waals surface area contributed by atoms with Gasteiger partial charge in [0, 0.05) is 16.3 Å². The monoisotopic (exact) mass is 267 g/mol. The van der Waals surface area contributed by atoms with Crippen LogP contribution in [0.1, 0.15) is 41.9 Å². The maximum atomic E-state index is 11.8. The summed E-state index contributed by atoms with van der Waals surface area (Å²) >= 11 is 1.65. The van der Waals surface area contributed by atoms with Crippen molar-refractivity contribution in [2.75, 3.05) is 6.54 Å². The van der Waals surface area contributed by atoms with Crippen molar-refractivity contribution in [3.63, 3.8) is 0 Å². The van der Waals surface area contributed by atoms with Crippen LogP contribution in [0.5, 0.6) is 0 Å². The summed E-state index contributed by atoms with van der Waals surface area (Å²) in [5.41, 5.74) is -0.667. The van der Waals surface area contributed by atoms with Gasteiger partial charge in [-0.05, 0) is 31.9 Å². The van der Waals surface area contributed by atoms with Crippen LogP contribution in [0.4, 0.5) is 0 Å². The van der Waals surface area contributed by atoms with Gasteiger partial charge in [-0.2, -0.15) is 0 Å². The highest BCUT2D eigenvalue weighted by Gasteiger charge is 2.29. The lowest BCUT2D eigenvalue weighted by Crippen LogP contribution is -2.44. The molecule has 1 saturated carbocycles. The molecule has 0 spiro atoms. The van der Waals surface area contributed by atoms with Crippen LogP contribution in [0.2, 0.25) is 0 Å². The summed E-state index contributed by atoms with van der Waals surface area (Å²) in [5.74, 6) is 0.0100. The summed E-state index contributed by atoms with van der Waals surface area (Å²) in [6.45, 7) is 2.44. The fraction of sp³-hybridized carbons (Fsp3) is 0.643. The third kappa shape index (κ3) is 3.82. The Balaban J connectivity index is 1.77. The predicted molar refractivity (Wildman–Crippen MR) is 73.8 cm³/mol. The molecule has 2 N–H and O–H groups in total. The van der Waals surface area contributed by atoms with Gasteiger partial charge in [0.05, 0.1) is 12.0 Å². The van der Waals surface area contributed by atoms with Crippen molar-refractivity contribution in [3.05, 3.63) is 21.9 Å². The van der Waals surface area contributed by atoms with Gasteiger partial charge in [-0.15, -0.1) is 11.3 Å². The normalized spacial score (nSPS) is 18.6. The zero-order valence-corrected chi connectivity index (χ0v) is 11.7. The summed E-state index contributed by atoms with van der Waals surface area (Å²) in [5, 5.41) is 13.1. The van der Waals surface area contributed by atoms with Gasteiger partial charge in [0.2, 0.25) is 5.91 Å². The first kappa shape index (κ1) is 13.6. The van der Waals surface area contributed by atoms with E-state index < -0.39 is 5.60 Å². The van der Waals surface area contributed by atoms with Gasteiger partial charge in [-0.3, -0.25) is 4.79 Å². The largest absolute Gasteiger partial charge is 0.388 e. The molecule has 0 unspecified atom stereocenters. The minimum absolute atomic E-state index is 0.0100. The molecule has 0 radical (unpaired) electrons. The van der Waals surface area contributed by atoms with E-state index in [4.69, 9.17) is 0 Å². The molecule has 0 aromatic carbocycles. The van der Waals surface area contributed by atoms with Gasteiger partial charge in [0.25, 0.3) is 0 Å². The Morgan fingerprint density at radius 1 is 1.39 bits per heavy atom. The Kier molecular flexibility index (Phi) is 4.40. The van der Waals surface area contributed by atoms with Crippen LogP contribution in [-0.4, -0.2) is 23.2 Å². The number of aryl methyl sites for hydroxylation is 1. The van der Waals surface area contributed by atoms with Crippen LogP contribution in [0.15, 0.2) is 12.1 Å². The molecule has 100 valence electrons. The van der Waals surface area contributed by atoms with Crippen molar-refractivity contribution in [2.24, 2.45) is 0 Å². The van der Waals surface area contributed by atoms with Crippen LogP contribution in [0.25, 0.3) is 0 Å². The highest BCUT2D eigenvalue weighted by atomic mass is 32.1. The van der Waals surface area contributed by atoms with Gasteiger partial charge in [0.15, 0.2) is 0 Å². The molecule has 1 aromatic heterocycles. The molecule has 0 atom stereocenters. The molecule has 1 aromatic rings. The van der Waals surface area contributed by atoms with Crippen molar-refractivity contribution < 1.29 is 9.90 Å². The van der Waals surface area contributed by atoms with Crippen molar-refractivity contribution in [1.29, 1.82) is 0 Å². The molecule has 3 nitrogen and oxygen atoms in total. The average Bonchev–Trinajstić information content (AvgIpc) is 2.73. The molecule has 1 amide bonds. The number of hydrogen-bond donors (Lipinski definition) is 2. The lowest BCUT2D eigenvalue weighted by molar-refractivity contribution is -0.122. The Morgan fingerprint density at radius 2 is 2.11 bits per heavy atom. The van der Waals surface area contributed by atoms with E-state index in [0.717, 1.165) is 30.6 Å². The first-order valence-electron chi connectivity index (χ1n) is 6.62. The van der Waals surface area contributed by atoms with Crippen molar-refractivity contribution in [1.82, 2.24) is 5.32 Å². The highest BCUT2D eigenvalue weighted by molar-refractivity contribution is 7.12. The molecule has 0 aliphatic heterocycles. The number of thiophene rings is 1. The van der Waals surface area contributed by atoms with Crippen LogP contribution < -0.4 is 5.32 Å². The van der Waals surface area contributed by atoms with E-state index in [1.165, 1.54) is 11.3 Å². The van der Waals surface area contributed by atoms with Crippen molar-refractivity contribution >= 4 is 17.2 Å². The number of carbonyl (C=O) groups is 1. The minimum atomic E-state index is -0.667. The van der Waals surface area contributed by atoms with Crippen LogP contribution >= 0.6 is 11.3 Å². The van der Waals surface area contributed by atoms with Crippen molar-refractivity contribution in [3.8, 4) is 0 Å². The molecular formula is C14H21NO2S. The molecule has 18 heavy (non-hydrogen) atoms. The third-order valence-corrected chi connectivity index (χ3v) is 4.53. The first-order chi connectivity index (χ1) is 8.57. The summed E-state index contributed by atoms with van der Waals surface area (Å²) in [6.07, 6.45) is 5.38. The second kappa shape index (κ2) is 5.85. The summed E-state index contributed by atoms with van der Waals surface area (Å²) in [7, 11) is 0. The topological polar surface area (TPSA) is 49.3 Å². The van der Waals surface area contributed by atoms with E-state index in [1.807, 2.05) is 19.1 Å². The fourth-order valence-corrected chi connectivity index (χ4v) is 3.34. The van der Waals surface area contributed by atoms with Crippen molar-refractivity contribution in [2.45, 2.75) is 51.0 Å². The van der Waals surface area contributed by atoms with Gasteiger partial charge >= 0.3 is 0 Å². The van der Waals surface area contributed by atoms with E-state index in [0.29, 0.717) is 13.0 Å². The Bertz CT molecular complexity index is 408. The Morgan fingerprint density at radius 3 is 2.72 bits per heavy atom. The van der Waals surface area contributed by atoms with Gasteiger partial charge in [0.1, 0.15) is 0 Å². The number of amides is 1. The van der Waals surface area contributed by atoms with E-state index in [-0.39, 0.29) is 5.91 Å². The number of carbonyl (C=O) groups excluding carboxylic acids is 1. The molecule has 1 fully saturated rings. The average molecular weight is 267 g/mol. The van der Waals surface area contributed by atoms with Gasteiger partial charge in [-0.1, -0.05) is 19.3 Å². The van der Waals surface area contributed by atoms with Crippen LogP contribution in [0.3, 0.4) is 0 Å². The van der Waals surface area contributed by atoms with Gasteiger partial charge in [-0.25, -0.2) is 0 Å². The smallest absolute Gasteiger partial charge is 0.225 e. The Hall–Kier alpha value is -0.870. The highest BCUT2D eigenvalue weighted by Crippen LogP contribution is 2.27. The number of nitrogens with one attached hydrogen (secondary N) is 1. The zero-order valence-electron chi connectivity index (χ0n) is 10.9. The maximum absolute atomic E-state index is 11.8. The van der Waals surface area contributed by atoms with Gasteiger partial charge < -0.3 is 10.4 Å². The molecule has 1 aliphatic rings. The lowest BCUT2D eigenvalue weighted by atomic mass is 9.85.